The number of fused-ring (bicyclic) bond motifs is 1. The highest BCUT2D eigenvalue weighted by Gasteiger charge is 2.15. The van der Waals surface area contributed by atoms with E-state index >= 15 is 0 Å². The number of nitrogens with two attached hydrogens (primary N) is 1. The molecule has 20 heavy (non-hydrogen) atoms. The van der Waals surface area contributed by atoms with Gasteiger partial charge in [-0.15, -0.1) is 0 Å². The summed E-state index contributed by atoms with van der Waals surface area (Å²) >= 11 is 3.27. The van der Waals surface area contributed by atoms with Gasteiger partial charge in [-0.2, -0.15) is 5.10 Å². The number of rotatable bonds is 3. The van der Waals surface area contributed by atoms with Crippen molar-refractivity contribution in [3.8, 4) is 0 Å². The molecule has 102 valence electrons. The van der Waals surface area contributed by atoms with E-state index in [0.29, 0.717) is 10.9 Å². The molecule has 2 aromatic heterocycles. The van der Waals surface area contributed by atoms with E-state index in [1.54, 1.807) is 16.8 Å². The Kier molecular flexibility index (Phi) is 3.54. The SMILES string of the molecule is NC(Cc1cccc(F)c1Br)c1cnn2ccccc12. The molecular formula is C15H13BrFN3. The number of benzene rings is 1. The zero-order valence-corrected chi connectivity index (χ0v) is 12.2. The molecule has 0 bridgehead atoms. The number of pyridine rings is 1. The minimum absolute atomic E-state index is 0.229. The minimum Gasteiger partial charge on any atom is -0.324 e. The van der Waals surface area contributed by atoms with E-state index in [1.165, 1.54) is 6.07 Å². The van der Waals surface area contributed by atoms with Gasteiger partial charge in [-0.1, -0.05) is 18.2 Å². The summed E-state index contributed by atoms with van der Waals surface area (Å²) in [7, 11) is 0. The van der Waals surface area contributed by atoms with Gasteiger partial charge in [0.2, 0.25) is 0 Å². The molecule has 0 saturated carbocycles. The van der Waals surface area contributed by atoms with E-state index in [4.69, 9.17) is 5.73 Å². The molecule has 2 heterocycles. The van der Waals surface area contributed by atoms with Crippen LogP contribution in [0.3, 0.4) is 0 Å². The fourth-order valence-electron chi connectivity index (χ4n) is 2.29. The maximum atomic E-state index is 13.5. The van der Waals surface area contributed by atoms with Gasteiger partial charge < -0.3 is 5.73 Å². The Morgan fingerprint density at radius 1 is 1.25 bits per heavy atom. The van der Waals surface area contributed by atoms with E-state index < -0.39 is 0 Å². The van der Waals surface area contributed by atoms with Crippen molar-refractivity contribution in [2.45, 2.75) is 12.5 Å². The highest BCUT2D eigenvalue weighted by molar-refractivity contribution is 9.10. The molecular weight excluding hydrogens is 321 g/mol. The molecule has 0 fully saturated rings. The quantitative estimate of drug-likeness (QED) is 0.797. The maximum Gasteiger partial charge on any atom is 0.137 e. The lowest BCUT2D eigenvalue weighted by atomic mass is 10.0. The van der Waals surface area contributed by atoms with Gasteiger partial charge in [0.15, 0.2) is 0 Å². The highest BCUT2D eigenvalue weighted by Crippen LogP contribution is 2.26. The lowest BCUT2D eigenvalue weighted by Crippen LogP contribution is -2.13. The standard InChI is InChI=1S/C15H13BrFN3/c16-15-10(4-3-5-12(15)17)8-13(18)11-9-19-20-7-2-1-6-14(11)20/h1-7,9,13H,8,18H2. The van der Waals surface area contributed by atoms with Crippen molar-refractivity contribution in [2.24, 2.45) is 5.73 Å². The van der Waals surface area contributed by atoms with Crippen LogP contribution in [-0.4, -0.2) is 9.61 Å². The lowest BCUT2D eigenvalue weighted by molar-refractivity contribution is 0.614. The van der Waals surface area contributed by atoms with Crippen LogP contribution < -0.4 is 5.73 Å². The Bertz CT molecular complexity index is 754. The monoisotopic (exact) mass is 333 g/mol. The second-order valence-electron chi connectivity index (χ2n) is 4.65. The molecule has 0 spiro atoms. The first-order valence-corrected chi connectivity index (χ1v) is 7.07. The summed E-state index contributed by atoms with van der Waals surface area (Å²) in [6, 6.07) is 10.6. The first-order chi connectivity index (χ1) is 9.66. The average molecular weight is 334 g/mol. The van der Waals surface area contributed by atoms with Crippen molar-refractivity contribution in [3.63, 3.8) is 0 Å². The number of aromatic nitrogens is 2. The summed E-state index contributed by atoms with van der Waals surface area (Å²) in [5.74, 6) is -0.269. The number of halogens is 2. The van der Waals surface area contributed by atoms with Crippen LogP contribution in [0.2, 0.25) is 0 Å². The van der Waals surface area contributed by atoms with Crippen LogP contribution in [0.15, 0.2) is 53.3 Å². The normalized spacial score (nSPS) is 12.8. The molecule has 0 aliphatic rings. The smallest absolute Gasteiger partial charge is 0.137 e. The molecule has 1 aromatic carbocycles. The third-order valence-corrected chi connectivity index (χ3v) is 4.22. The zero-order chi connectivity index (χ0) is 14.1. The first-order valence-electron chi connectivity index (χ1n) is 6.27. The van der Waals surface area contributed by atoms with Crippen molar-refractivity contribution in [3.05, 3.63) is 70.2 Å². The van der Waals surface area contributed by atoms with E-state index in [9.17, 15) is 4.39 Å². The van der Waals surface area contributed by atoms with Gasteiger partial charge in [-0.3, -0.25) is 0 Å². The summed E-state index contributed by atoms with van der Waals surface area (Å²) in [5.41, 5.74) is 9.05. The molecule has 0 saturated heterocycles. The Hall–Kier alpha value is -1.72. The molecule has 0 amide bonds. The summed E-state index contributed by atoms with van der Waals surface area (Å²) in [6.45, 7) is 0. The molecule has 0 aliphatic carbocycles. The predicted octanol–water partition coefficient (Wildman–Crippen LogP) is 3.48. The molecule has 1 atom stereocenters. The lowest BCUT2D eigenvalue weighted by Gasteiger charge is -2.12. The van der Waals surface area contributed by atoms with Crippen LogP contribution in [-0.2, 0) is 6.42 Å². The largest absolute Gasteiger partial charge is 0.324 e. The van der Waals surface area contributed by atoms with Crippen molar-refractivity contribution >= 4 is 21.4 Å². The summed E-state index contributed by atoms with van der Waals surface area (Å²) in [6.07, 6.45) is 4.20. The van der Waals surface area contributed by atoms with E-state index in [-0.39, 0.29) is 11.9 Å². The van der Waals surface area contributed by atoms with Crippen LogP contribution in [0.1, 0.15) is 17.2 Å². The summed E-state index contributed by atoms with van der Waals surface area (Å²) in [5, 5.41) is 4.27. The third-order valence-electron chi connectivity index (χ3n) is 3.33. The summed E-state index contributed by atoms with van der Waals surface area (Å²) in [4.78, 5) is 0. The zero-order valence-electron chi connectivity index (χ0n) is 10.6. The average Bonchev–Trinajstić information content (AvgIpc) is 2.88. The molecule has 3 rings (SSSR count). The molecule has 2 N–H and O–H groups in total. The van der Waals surface area contributed by atoms with Gasteiger partial charge in [0.25, 0.3) is 0 Å². The summed E-state index contributed by atoms with van der Waals surface area (Å²) < 4.78 is 15.8. The molecule has 3 nitrogen and oxygen atoms in total. The van der Waals surface area contributed by atoms with Crippen LogP contribution >= 0.6 is 15.9 Å². The second kappa shape index (κ2) is 5.34. The van der Waals surface area contributed by atoms with Crippen LogP contribution in [0.4, 0.5) is 4.39 Å². The van der Waals surface area contributed by atoms with Crippen LogP contribution in [0.5, 0.6) is 0 Å². The fraction of sp³-hybridized carbons (Fsp3) is 0.133. The maximum absolute atomic E-state index is 13.5. The van der Waals surface area contributed by atoms with Crippen LogP contribution in [0.25, 0.3) is 5.52 Å². The number of hydrogen-bond donors (Lipinski definition) is 1. The van der Waals surface area contributed by atoms with E-state index in [0.717, 1.165) is 16.6 Å². The van der Waals surface area contributed by atoms with Gasteiger partial charge in [0, 0.05) is 17.8 Å². The predicted molar refractivity (Wildman–Crippen MR) is 79.9 cm³/mol. The van der Waals surface area contributed by atoms with E-state index in [2.05, 4.69) is 21.0 Å². The first kappa shape index (κ1) is 13.3. The van der Waals surface area contributed by atoms with Gasteiger partial charge in [0.05, 0.1) is 16.2 Å². The molecule has 1 unspecified atom stereocenters. The third kappa shape index (κ3) is 2.34. The molecule has 0 radical (unpaired) electrons. The molecule has 0 aliphatic heterocycles. The number of nitrogens with zero attached hydrogens (tertiary/aromatic N) is 2. The van der Waals surface area contributed by atoms with E-state index in [1.807, 2.05) is 30.5 Å². The molecule has 3 aromatic rings. The van der Waals surface area contributed by atoms with Crippen LogP contribution in [0, 0.1) is 5.82 Å². The Labute approximate surface area is 124 Å². The number of hydrogen-bond acceptors (Lipinski definition) is 2. The minimum atomic E-state index is -0.269. The van der Waals surface area contributed by atoms with Gasteiger partial charge in [-0.05, 0) is 46.1 Å². The second-order valence-corrected chi connectivity index (χ2v) is 5.45. The molecule has 5 heteroatoms. The fourth-order valence-corrected chi connectivity index (χ4v) is 2.72. The highest BCUT2D eigenvalue weighted by atomic mass is 79.9. The Morgan fingerprint density at radius 3 is 2.95 bits per heavy atom. The van der Waals surface area contributed by atoms with Gasteiger partial charge in [-0.25, -0.2) is 8.91 Å². The van der Waals surface area contributed by atoms with Gasteiger partial charge in [0.1, 0.15) is 5.82 Å². The Morgan fingerprint density at radius 2 is 2.10 bits per heavy atom. The van der Waals surface area contributed by atoms with Gasteiger partial charge >= 0.3 is 0 Å². The van der Waals surface area contributed by atoms with Crippen molar-refractivity contribution in [1.29, 1.82) is 0 Å². The van der Waals surface area contributed by atoms with Crippen molar-refractivity contribution in [1.82, 2.24) is 9.61 Å². The topological polar surface area (TPSA) is 43.3 Å². The van der Waals surface area contributed by atoms with Crippen molar-refractivity contribution in [2.75, 3.05) is 0 Å². The Balaban J connectivity index is 1.93. The van der Waals surface area contributed by atoms with Crippen molar-refractivity contribution < 1.29 is 4.39 Å².